The van der Waals surface area contributed by atoms with Crippen LogP contribution >= 0.6 is 0 Å². The van der Waals surface area contributed by atoms with Crippen molar-refractivity contribution in [2.45, 2.75) is 31.3 Å². The summed E-state index contributed by atoms with van der Waals surface area (Å²) in [5.41, 5.74) is -0.0184. The number of rotatable bonds is 3. The number of pyridine rings is 1. The normalized spacial score (nSPS) is 17.5. The number of ether oxygens (including phenoxy) is 2. The SMILES string of the molecule is COC(=O)C1(Oc2ccn3ccnc3c2)CCCC1. The lowest BCUT2D eigenvalue weighted by Crippen LogP contribution is -2.42. The Morgan fingerprint density at radius 3 is 2.89 bits per heavy atom. The Hall–Kier alpha value is -2.04. The molecule has 0 N–H and O–H groups in total. The maximum atomic E-state index is 12.0. The molecule has 2 aromatic rings. The second-order valence-electron chi connectivity index (χ2n) is 4.85. The van der Waals surface area contributed by atoms with Gasteiger partial charge < -0.3 is 13.9 Å². The molecule has 5 nitrogen and oxygen atoms in total. The summed E-state index contributed by atoms with van der Waals surface area (Å²) in [6, 6.07) is 3.68. The van der Waals surface area contributed by atoms with Crippen molar-refractivity contribution in [3.8, 4) is 5.75 Å². The first-order chi connectivity index (χ1) is 9.23. The third kappa shape index (κ3) is 2.05. The van der Waals surface area contributed by atoms with Gasteiger partial charge in [-0.25, -0.2) is 9.78 Å². The molecule has 0 radical (unpaired) electrons. The standard InChI is InChI=1S/C14H16N2O3/c1-18-13(17)14(5-2-3-6-14)19-11-4-8-16-9-7-15-12(16)10-11/h4,7-10H,2-3,5-6H2,1H3. The lowest BCUT2D eigenvalue weighted by molar-refractivity contribution is -0.158. The van der Waals surface area contributed by atoms with Crippen LogP contribution in [0.5, 0.6) is 5.75 Å². The number of nitrogens with zero attached hydrogens (tertiary/aromatic N) is 2. The minimum absolute atomic E-state index is 0.284. The molecule has 1 saturated carbocycles. The largest absolute Gasteiger partial charge is 0.475 e. The van der Waals surface area contributed by atoms with Crippen LogP contribution in [0.2, 0.25) is 0 Å². The molecule has 0 saturated heterocycles. The van der Waals surface area contributed by atoms with E-state index in [9.17, 15) is 4.79 Å². The molecular weight excluding hydrogens is 244 g/mol. The molecule has 2 aromatic heterocycles. The van der Waals surface area contributed by atoms with Gasteiger partial charge in [-0.1, -0.05) is 0 Å². The van der Waals surface area contributed by atoms with Crippen molar-refractivity contribution in [3.05, 3.63) is 30.7 Å². The monoisotopic (exact) mass is 260 g/mol. The van der Waals surface area contributed by atoms with Gasteiger partial charge in [0.05, 0.1) is 7.11 Å². The molecule has 0 atom stereocenters. The fourth-order valence-electron chi connectivity index (χ4n) is 2.66. The summed E-state index contributed by atoms with van der Waals surface area (Å²) in [5.74, 6) is 0.374. The van der Waals surface area contributed by atoms with Crippen molar-refractivity contribution in [2.75, 3.05) is 7.11 Å². The second kappa shape index (κ2) is 4.57. The zero-order valence-corrected chi connectivity index (χ0v) is 10.8. The quantitative estimate of drug-likeness (QED) is 0.794. The van der Waals surface area contributed by atoms with E-state index < -0.39 is 5.60 Å². The van der Waals surface area contributed by atoms with Crippen LogP contribution in [0.3, 0.4) is 0 Å². The van der Waals surface area contributed by atoms with Gasteiger partial charge in [-0.05, 0) is 31.7 Å². The van der Waals surface area contributed by atoms with Crippen LogP contribution in [0.15, 0.2) is 30.7 Å². The molecular formula is C14H16N2O3. The summed E-state index contributed by atoms with van der Waals surface area (Å²) in [5, 5.41) is 0. The maximum absolute atomic E-state index is 12.0. The van der Waals surface area contributed by atoms with E-state index in [1.54, 1.807) is 6.20 Å². The Morgan fingerprint density at radius 1 is 1.37 bits per heavy atom. The van der Waals surface area contributed by atoms with Crippen LogP contribution in [0, 0.1) is 0 Å². The highest BCUT2D eigenvalue weighted by Crippen LogP contribution is 2.35. The molecule has 0 bridgehead atoms. The number of aromatic nitrogens is 2. The average molecular weight is 260 g/mol. The number of esters is 1. The molecule has 5 heteroatoms. The second-order valence-corrected chi connectivity index (χ2v) is 4.85. The Morgan fingerprint density at radius 2 is 2.16 bits per heavy atom. The highest BCUT2D eigenvalue weighted by atomic mass is 16.6. The number of hydrogen-bond donors (Lipinski definition) is 0. The fourth-order valence-corrected chi connectivity index (χ4v) is 2.66. The highest BCUT2D eigenvalue weighted by molar-refractivity contribution is 5.80. The molecule has 0 spiro atoms. The zero-order valence-electron chi connectivity index (χ0n) is 10.8. The summed E-state index contributed by atoms with van der Waals surface area (Å²) in [6.07, 6.45) is 8.85. The van der Waals surface area contributed by atoms with Gasteiger partial charge >= 0.3 is 5.97 Å². The van der Waals surface area contributed by atoms with Crippen molar-refractivity contribution in [2.24, 2.45) is 0 Å². The Bertz CT molecular complexity index is 600. The molecule has 19 heavy (non-hydrogen) atoms. The van der Waals surface area contributed by atoms with Gasteiger partial charge in [0.1, 0.15) is 11.4 Å². The topological polar surface area (TPSA) is 52.8 Å². The van der Waals surface area contributed by atoms with Crippen LogP contribution in [0.4, 0.5) is 0 Å². The van der Waals surface area contributed by atoms with E-state index in [0.29, 0.717) is 18.6 Å². The van der Waals surface area contributed by atoms with Crippen LogP contribution < -0.4 is 4.74 Å². The van der Waals surface area contributed by atoms with E-state index in [0.717, 1.165) is 18.5 Å². The maximum Gasteiger partial charge on any atom is 0.350 e. The third-order valence-corrected chi connectivity index (χ3v) is 3.65. The van der Waals surface area contributed by atoms with Crippen molar-refractivity contribution < 1.29 is 14.3 Å². The number of carbonyl (C=O) groups is 1. The number of hydrogen-bond acceptors (Lipinski definition) is 4. The van der Waals surface area contributed by atoms with Crippen molar-refractivity contribution >= 4 is 11.6 Å². The molecule has 0 unspecified atom stereocenters. The first kappa shape index (κ1) is 12.0. The highest BCUT2D eigenvalue weighted by Gasteiger charge is 2.44. The third-order valence-electron chi connectivity index (χ3n) is 3.65. The number of imidazole rings is 1. The minimum atomic E-state index is -0.820. The molecule has 3 rings (SSSR count). The smallest absolute Gasteiger partial charge is 0.350 e. The van der Waals surface area contributed by atoms with Gasteiger partial charge in [-0.15, -0.1) is 0 Å². The lowest BCUT2D eigenvalue weighted by atomic mass is 10.0. The molecule has 0 aliphatic heterocycles. The fraction of sp³-hybridized carbons (Fsp3) is 0.429. The summed E-state index contributed by atoms with van der Waals surface area (Å²) in [7, 11) is 1.41. The Kier molecular flexibility index (Phi) is 2.89. The van der Waals surface area contributed by atoms with Crippen LogP contribution in [0.1, 0.15) is 25.7 Å². The van der Waals surface area contributed by atoms with E-state index in [-0.39, 0.29) is 5.97 Å². The van der Waals surface area contributed by atoms with Gasteiger partial charge in [-0.2, -0.15) is 0 Å². The summed E-state index contributed by atoms with van der Waals surface area (Å²) >= 11 is 0. The summed E-state index contributed by atoms with van der Waals surface area (Å²) in [4.78, 5) is 16.2. The molecule has 2 heterocycles. The first-order valence-electron chi connectivity index (χ1n) is 6.44. The van der Waals surface area contributed by atoms with Gasteiger partial charge in [0, 0.05) is 24.7 Å². The molecule has 0 amide bonds. The molecule has 0 aromatic carbocycles. The number of carbonyl (C=O) groups excluding carboxylic acids is 1. The average Bonchev–Trinajstić information content (AvgIpc) is 3.07. The van der Waals surface area contributed by atoms with Gasteiger partial charge in [0.15, 0.2) is 0 Å². The van der Waals surface area contributed by atoms with E-state index in [1.165, 1.54) is 7.11 Å². The summed E-state index contributed by atoms with van der Waals surface area (Å²) in [6.45, 7) is 0. The van der Waals surface area contributed by atoms with Gasteiger partial charge in [-0.3, -0.25) is 0 Å². The van der Waals surface area contributed by atoms with E-state index >= 15 is 0 Å². The van der Waals surface area contributed by atoms with Crippen molar-refractivity contribution in [1.29, 1.82) is 0 Å². The van der Waals surface area contributed by atoms with Gasteiger partial charge in [0.25, 0.3) is 0 Å². The Balaban J connectivity index is 1.90. The van der Waals surface area contributed by atoms with Crippen LogP contribution in [-0.4, -0.2) is 28.1 Å². The van der Waals surface area contributed by atoms with Gasteiger partial charge in [0.2, 0.25) is 5.60 Å². The van der Waals surface area contributed by atoms with Crippen LogP contribution in [0.25, 0.3) is 5.65 Å². The predicted molar refractivity (Wildman–Crippen MR) is 69.0 cm³/mol. The van der Waals surface area contributed by atoms with E-state index in [1.807, 2.05) is 28.9 Å². The van der Waals surface area contributed by atoms with E-state index in [4.69, 9.17) is 9.47 Å². The molecule has 1 fully saturated rings. The predicted octanol–water partition coefficient (Wildman–Crippen LogP) is 2.20. The van der Waals surface area contributed by atoms with Crippen LogP contribution in [-0.2, 0) is 9.53 Å². The Labute approximate surface area is 111 Å². The number of methoxy groups -OCH3 is 1. The molecule has 100 valence electrons. The minimum Gasteiger partial charge on any atom is -0.475 e. The zero-order chi connectivity index (χ0) is 13.3. The molecule has 1 aliphatic rings. The summed E-state index contributed by atoms with van der Waals surface area (Å²) < 4.78 is 12.8. The van der Waals surface area contributed by atoms with Crippen molar-refractivity contribution in [3.63, 3.8) is 0 Å². The lowest BCUT2D eigenvalue weighted by Gasteiger charge is -2.27. The van der Waals surface area contributed by atoms with E-state index in [2.05, 4.69) is 4.98 Å². The number of fused-ring (bicyclic) bond motifs is 1. The van der Waals surface area contributed by atoms with Crippen molar-refractivity contribution in [1.82, 2.24) is 9.38 Å². The molecule has 1 aliphatic carbocycles. The first-order valence-corrected chi connectivity index (χ1v) is 6.44.